The fourth-order valence-corrected chi connectivity index (χ4v) is 1.68. The molecule has 0 aromatic heterocycles. The Morgan fingerprint density at radius 3 is 2.59 bits per heavy atom. The number of allylic oxidation sites excluding steroid dienone is 2. The Bertz CT molecular complexity index is 327. The summed E-state index contributed by atoms with van der Waals surface area (Å²) in [5, 5.41) is 3.39. The maximum absolute atomic E-state index is 3.72. The normalized spacial score (nSPS) is 12.5. The van der Waals surface area contributed by atoms with Crippen LogP contribution in [0, 0.1) is 0 Å². The van der Waals surface area contributed by atoms with Crippen LogP contribution in [0.3, 0.4) is 0 Å². The second kappa shape index (κ2) is 8.63. The third kappa shape index (κ3) is 5.96. The third-order valence-corrected chi connectivity index (χ3v) is 2.79. The molecule has 1 heteroatoms. The molecule has 92 valence electrons. The van der Waals surface area contributed by atoms with Crippen LogP contribution in [0.5, 0.6) is 0 Å². The molecule has 1 N–H and O–H groups in total. The molecule has 1 aromatic rings. The molecule has 0 spiro atoms. The van der Waals surface area contributed by atoms with Gasteiger partial charge in [0.15, 0.2) is 0 Å². The SMILES string of the molecule is C=CCCCC/C=C/N[C@H](C)c1ccccc1. The second-order valence-electron chi connectivity index (χ2n) is 4.27. The first-order valence-corrected chi connectivity index (χ1v) is 6.41. The molecule has 0 amide bonds. The van der Waals surface area contributed by atoms with Crippen molar-refractivity contribution in [2.45, 2.75) is 38.6 Å². The number of hydrogen-bond donors (Lipinski definition) is 1. The summed E-state index contributed by atoms with van der Waals surface area (Å²) in [6.07, 6.45) is 11.0. The lowest BCUT2D eigenvalue weighted by Gasteiger charge is -2.11. The number of hydrogen-bond acceptors (Lipinski definition) is 1. The zero-order valence-electron chi connectivity index (χ0n) is 10.7. The van der Waals surface area contributed by atoms with Crippen molar-refractivity contribution in [3.63, 3.8) is 0 Å². The lowest BCUT2D eigenvalue weighted by Crippen LogP contribution is -2.11. The second-order valence-corrected chi connectivity index (χ2v) is 4.27. The summed E-state index contributed by atoms with van der Waals surface area (Å²) in [7, 11) is 0. The quantitative estimate of drug-likeness (QED) is 0.507. The van der Waals surface area contributed by atoms with Gasteiger partial charge in [-0.1, -0.05) is 42.5 Å². The van der Waals surface area contributed by atoms with Crippen molar-refractivity contribution in [1.82, 2.24) is 5.32 Å². The Morgan fingerprint density at radius 2 is 1.88 bits per heavy atom. The van der Waals surface area contributed by atoms with E-state index < -0.39 is 0 Å². The van der Waals surface area contributed by atoms with Gasteiger partial charge in [0.1, 0.15) is 0 Å². The van der Waals surface area contributed by atoms with Crippen LogP contribution in [-0.2, 0) is 0 Å². The van der Waals surface area contributed by atoms with Gasteiger partial charge in [0.2, 0.25) is 0 Å². The monoisotopic (exact) mass is 229 g/mol. The maximum atomic E-state index is 3.72. The molecule has 0 unspecified atom stereocenters. The summed E-state index contributed by atoms with van der Waals surface area (Å²) in [4.78, 5) is 0. The minimum atomic E-state index is 0.376. The predicted octanol–water partition coefficient (Wildman–Crippen LogP) is 4.60. The van der Waals surface area contributed by atoms with Crippen LogP contribution < -0.4 is 5.32 Å². The largest absolute Gasteiger partial charge is 0.385 e. The summed E-state index contributed by atoms with van der Waals surface area (Å²) in [6, 6.07) is 10.9. The van der Waals surface area contributed by atoms with Gasteiger partial charge in [-0.05, 0) is 44.4 Å². The van der Waals surface area contributed by atoms with Gasteiger partial charge in [-0.3, -0.25) is 0 Å². The molecule has 0 saturated carbocycles. The highest BCUT2D eigenvalue weighted by atomic mass is 14.9. The van der Waals surface area contributed by atoms with Gasteiger partial charge < -0.3 is 5.32 Å². The van der Waals surface area contributed by atoms with E-state index >= 15 is 0 Å². The molecule has 1 atom stereocenters. The zero-order chi connectivity index (χ0) is 12.3. The fraction of sp³-hybridized carbons (Fsp3) is 0.375. The smallest absolute Gasteiger partial charge is 0.0480 e. The topological polar surface area (TPSA) is 12.0 Å². The van der Waals surface area contributed by atoms with E-state index in [-0.39, 0.29) is 0 Å². The molecule has 1 nitrogen and oxygen atoms in total. The van der Waals surface area contributed by atoms with Crippen molar-refractivity contribution in [2.75, 3.05) is 0 Å². The zero-order valence-corrected chi connectivity index (χ0v) is 10.7. The van der Waals surface area contributed by atoms with Crippen molar-refractivity contribution in [3.8, 4) is 0 Å². The van der Waals surface area contributed by atoms with Gasteiger partial charge >= 0.3 is 0 Å². The van der Waals surface area contributed by atoms with Gasteiger partial charge in [0, 0.05) is 6.04 Å². The highest BCUT2D eigenvalue weighted by Gasteiger charge is 1.99. The molecule has 1 aromatic carbocycles. The predicted molar refractivity (Wildman–Crippen MR) is 75.8 cm³/mol. The van der Waals surface area contributed by atoms with Gasteiger partial charge in [-0.2, -0.15) is 0 Å². The molecule has 17 heavy (non-hydrogen) atoms. The summed E-state index contributed by atoms with van der Waals surface area (Å²) >= 11 is 0. The lowest BCUT2D eigenvalue weighted by atomic mass is 10.1. The van der Waals surface area contributed by atoms with Crippen LogP contribution >= 0.6 is 0 Å². The van der Waals surface area contributed by atoms with Crippen molar-refractivity contribution in [3.05, 3.63) is 60.8 Å². The minimum Gasteiger partial charge on any atom is -0.385 e. The van der Waals surface area contributed by atoms with Crippen LogP contribution in [-0.4, -0.2) is 0 Å². The summed E-state index contributed by atoms with van der Waals surface area (Å²) in [6.45, 7) is 5.90. The van der Waals surface area contributed by atoms with Gasteiger partial charge in [-0.25, -0.2) is 0 Å². The average molecular weight is 229 g/mol. The molecule has 0 bridgehead atoms. The van der Waals surface area contributed by atoms with Crippen molar-refractivity contribution < 1.29 is 0 Å². The first-order chi connectivity index (χ1) is 8.34. The minimum absolute atomic E-state index is 0.376. The Hall–Kier alpha value is -1.50. The van der Waals surface area contributed by atoms with E-state index in [4.69, 9.17) is 0 Å². The molecule has 0 fully saturated rings. The first kappa shape index (κ1) is 13.6. The van der Waals surface area contributed by atoms with E-state index in [0.29, 0.717) is 6.04 Å². The van der Waals surface area contributed by atoms with E-state index in [0.717, 1.165) is 12.8 Å². The van der Waals surface area contributed by atoms with Crippen LogP contribution in [0.25, 0.3) is 0 Å². The van der Waals surface area contributed by atoms with Crippen LogP contribution in [0.1, 0.15) is 44.2 Å². The molecule has 1 rings (SSSR count). The molecule has 0 aliphatic carbocycles. The molecule has 0 radical (unpaired) electrons. The van der Waals surface area contributed by atoms with E-state index in [1.165, 1.54) is 18.4 Å². The molecular formula is C16H23N. The molecule has 0 saturated heterocycles. The van der Waals surface area contributed by atoms with Crippen LogP contribution in [0.4, 0.5) is 0 Å². The number of rotatable bonds is 8. The van der Waals surface area contributed by atoms with Gasteiger partial charge in [-0.15, -0.1) is 6.58 Å². The Morgan fingerprint density at radius 1 is 1.18 bits per heavy atom. The molecule has 0 aliphatic heterocycles. The van der Waals surface area contributed by atoms with E-state index in [1.54, 1.807) is 0 Å². The highest BCUT2D eigenvalue weighted by Crippen LogP contribution is 2.10. The Kier molecular flexibility index (Phi) is 6.89. The van der Waals surface area contributed by atoms with Crippen molar-refractivity contribution in [1.29, 1.82) is 0 Å². The summed E-state index contributed by atoms with van der Waals surface area (Å²) < 4.78 is 0. The summed E-state index contributed by atoms with van der Waals surface area (Å²) in [5.41, 5.74) is 1.32. The fourth-order valence-electron chi connectivity index (χ4n) is 1.68. The first-order valence-electron chi connectivity index (χ1n) is 6.41. The van der Waals surface area contributed by atoms with Gasteiger partial charge in [0.05, 0.1) is 0 Å². The molecule has 0 heterocycles. The van der Waals surface area contributed by atoms with Gasteiger partial charge in [0.25, 0.3) is 0 Å². The van der Waals surface area contributed by atoms with Crippen LogP contribution in [0.2, 0.25) is 0 Å². The highest BCUT2D eigenvalue weighted by molar-refractivity contribution is 5.18. The van der Waals surface area contributed by atoms with Crippen molar-refractivity contribution >= 4 is 0 Å². The van der Waals surface area contributed by atoms with E-state index in [2.05, 4.69) is 55.4 Å². The molecule has 0 aliphatic rings. The third-order valence-electron chi connectivity index (χ3n) is 2.79. The summed E-state index contributed by atoms with van der Waals surface area (Å²) in [5.74, 6) is 0. The number of unbranched alkanes of at least 4 members (excludes halogenated alkanes) is 3. The Labute approximate surface area is 105 Å². The average Bonchev–Trinajstić information content (AvgIpc) is 2.38. The number of benzene rings is 1. The van der Waals surface area contributed by atoms with E-state index in [9.17, 15) is 0 Å². The van der Waals surface area contributed by atoms with E-state index in [1.807, 2.05) is 12.1 Å². The lowest BCUT2D eigenvalue weighted by molar-refractivity contribution is 0.680. The standard InChI is InChI=1S/C16H23N/c1-3-4-5-6-7-11-14-17-15(2)16-12-9-8-10-13-16/h3,8-15,17H,1,4-7H2,2H3/b14-11+/t15-/m1/s1. The van der Waals surface area contributed by atoms with Crippen molar-refractivity contribution in [2.24, 2.45) is 0 Å². The Balaban J connectivity index is 2.17. The maximum Gasteiger partial charge on any atom is 0.0480 e. The van der Waals surface area contributed by atoms with Crippen LogP contribution in [0.15, 0.2) is 55.3 Å². The molecular weight excluding hydrogens is 206 g/mol. The number of nitrogens with one attached hydrogen (secondary N) is 1.